The Labute approximate surface area is 125 Å². The molecule has 1 rings (SSSR count). The van der Waals surface area contributed by atoms with Crippen LogP contribution in [0.4, 0.5) is 13.2 Å². The maximum absolute atomic E-state index is 12.3. The van der Waals surface area contributed by atoms with Crippen LogP contribution in [0.5, 0.6) is 0 Å². The van der Waals surface area contributed by atoms with Crippen LogP contribution in [0.1, 0.15) is 36.8 Å². The van der Waals surface area contributed by atoms with E-state index in [-0.39, 0.29) is 24.3 Å². The van der Waals surface area contributed by atoms with Gasteiger partial charge in [-0.25, -0.2) is 0 Å². The molecule has 0 saturated carbocycles. The normalized spacial score (nSPS) is 13.2. The van der Waals surface area contributed by atoms with Crippen LogP contribution in [0, 0.1) is 13.8 Å². The summed E-state index contributed by atoms with van der Waals surface area (Å²) in [6.07, 6.45) is -5.13. The van der Waals surface area contributed by atoms with E-state index in [0.29, 0.717) is 0 Å². The Hall–Kier alpha value is -1.31. The molecule has 0 fully saturated rings. The highest BCUT2D eigenvalue weighted by Gasteiger charge is 2.31. The number of hydrogen-bond acceptors (Lipinski definition) is 3. The van der Waals surface area contributed by atoms with Gasteiger partial charge < -0.3 is 9.88 Å². The van der Waals surface area contributed by atoms with E-state index in [1.165, 1.54) is 4.57 Å². The zero-order valence-electron chi connectivity index (χ0n) is 12.2. The van der Waals surface area contributed by atoms with Gasteiger partial charge in [0.05, 0.1) is 6.42 Å². The largest absolute Gasteiger partial charge is 0.391 e. The highest BCUT2D eigenvalue weighted by atomic mass is 32.1. The number of nitrogens with one attached hydrogen (secondary N) is 1. The van der Waals surface area contributed by atoms with Crippen molar-refractivity contribution >= 4 is 17.2 Å². The minimum absolute atomic E-state index is 0.00865. The van der Waals surface area contributed by atoms with Gasteiger partial charge in [0.25, 0.3) is 0 Å². The molecule has 0 bridgehead atoms. The topological polar surface area (TPSA) is 51.1 Å². The maximum atomic E-state index is 12.3. The van der Waals surface area contributed by atoms with E-state index in [2.05, 4.69) is 5.32 Å². The molecule has 120 valence electrons. The molecule has 0 aromatic carbocycles. The highest BCUT2D eigenvalue weighted by Crippen LogP contribution is 2.22. The molecule has 1 aromatic heterocycles. The summed E-state index contributed by atoms with van der Waals surface area (Å²) in [5, 5.41) is 2.37. The Bertz CT molecular complexity index is 549. The molecular formula is C13H19F3N2O2S. The van der Waals surface area contributed by atoms with E-state index in [1.54, 1.807) is 13.8 Å². The second-order valence-corrected chi connectivity index (χ2v) is 6.07. The Morgan fingerprint density at radius 1 is 1.38 bits per heavy atom. The Morgan fingerprint density at radius 2 is 2.00 bits per heavy atom. The second-order valence-electron chi connectivity index (χ2n) is 4.90. The van der Waals surface area contributed by atoms with Gasteiger partial charge in [0.1, 0.15) is 0 Å². The number of aromatic nitrogens is 1. The monoisotopic (exact) mass is 324 g/mol. The lowest BCUT2D eigenvalue weighted by atomic mass is 10.1. The van der Waals surface area contributed by atoms with E-state index in [1.807, 2.05) is 6.92 Å². The standard InChI is InChI=1S/C13H19F3N2O2S/c1-4-10(7-13(14,15)16)17-11(19)5-6-18-8(2)9(3)21-12(18)20/h10H,4-7H2,1-3H3,(H,17,19)/t10-/m0/s1. The molecule has 21 heavy (non-hydrogen) atoms. The molecular weight excluding hydrogens is 305 g/mol. The van der Waals surface area contributed by atoms with Crippen LogP contribution in [-0.4, -0.2) is 22.7 Å². The number of hydrogen-bond donors (Lipinski definition) is 1. The molecule has 1 aromatic rings. The zero-order chi connectivity index (χ0) is 16.2. The van der Waals surface area contributed by atoms with Crippen LogP contribution in [-0.2, 0) is 11.3 Å². The molecule has 0 aliphatic heterocycles. The van der Waals surface area contributed by atoms with Gasteiger partial charge in [-0.3, -0.25) is 9.59 Å². The van der Waals surface area contributed by atoms with E-state index in [4.69, 9.17) is 0 Å². The molecule has 0 aliphatic rings. The molecule has 0 saturated heterocycles. The van der Waals surface area contributed by atoms with Gasteiger partial charge in [-0.2, -0.15) is 13.2 Å². The highest BCUT2D eigenvalue weighted by molar-refractivity contribution is 7.09. The quantitative estimate of drug-likeness (QED) is 0.875. The van der Waals surface area contributed by atoms with Gasteiger partial charge in [-0.1, -0.05) is 18.3 Å². The summed E-state index contributed by atoms with van der Waals surface area (Å²) in [6, 6.07) is -0.917. The lowest BCUT2D eigenvalue weighted by molar-refractivity contribution is -0.142. The number of carbonyl (C=O) groups excluding carboxylic acids is 1. The average molecular weight is 324 g/mol. The van der Waals surface area contributed by atoms with Crippen LogP contribution in [0.25, 0.3) is 0 Å². The number of amides is 1. The van der Waals surface area contributed by atoms with Gasteiger partial charge in [0, 0.05) is 29.6 Å². The van der Waals surface area contributed by atoms with Crippen molar-refractivity contribution in [2.24, 2.45) is 0 Å². The predicted molar refractivity (Wildman–Crippen MR) is 75.6 cm³/mol. The minimum Gasteiger partial charge on any atom is -0.353 e. The number of halogens is 3. The molecule has 1 atom stereocenters. The fourth-order valence-corrected chi connectivity index (χ4v) is 2.79. The Kier molecular flexibility index (Phi) is 6.00. The number of rotatable bonds is 6. The van der Waals surface area contributed by atoms with Gasteiger partial charge >= 0.3 is 11.0 Å². The van der Waals surface area contributed by atoms with E-state index in [9.17, 15) is 22.8 Å². The molecule has 1 N–H and O–H groups in total. The number of thiazole rings is 1. The lowest BCUT2D eigenvalue weighted by Gasteiger charge is -2.18. The molecule has 0 unspecified atom stereocenters. The van der Waals surface area contributed by atoms with E-state index >= 15 is 0 Å². The molecule has 4 nitrogen and oxygen atoms in total. The third kappa shape index (κ3) is 5.53. The van der Waals surface area contributed by atoms with Crippen molar-refractivity contribution < 1.29 is 18.0 Å². The van der Waals surface area contributed by atoms with Crippen LogP contribution in [0.2, 0.25) is 0 Å². The number of carbonyl (C=O) groups is 1. The van der Waals surface area contributed by atoms with Crippen LogP contribution in [0.15, 0.2) is 4.79 Å². The van der Waals surface area contributed by atoms with Crippen molar-refractivity contribution in [1.29, 1.82) is 0 Å². The van der Waals surface area contributed by atoms with Crippen molar-refractivity contribution in [3.05, 3.63) is 20.2 Å². The SMILES string of the molecule is CC[C@@H](CC(F)(F)F)NC(=O)CCn1c(C)c(C)sc1=O. The smallest absolute Gasteiger partial charge is 0.353 e. The van der Waals surface area contributed by atoms with E-state index in [0.717, 1.165) is 21.9 Å². The first kappa shape index (κ1) is 17.7. The number of nitrogens with zero attached hydrogens (tertiary/aromatic N) is 1. The first-order chi connectivity index (χ1) is 9.64. The zero-order valence-corrected chi connectivity index (χ0v) is 13.0. The van der Waals surface area contributed by atoms with Crippen LogP contribution < -0.4 is 10.2 Å². The summed E-state index contributed by atoms with van der Waals surface area (Å²) in [5.74, 6) is -0.471. The molecule has 0 spiro atoms. The summed E-state index contributed by atoms with van der Waals surface area (Å²) >= 11 is 1.10. The van der Waals surface area contributed by atoms with Crippen LogP contribution in [0.3, 0.4) is 0 Å². The third-order valence-corrected chi connectivity index (χ3v) is 4.27. The Balaban J connectivity index is 2.56. The molecule has 1 amide bonds. The summed E-state index contributed by atoms with van der Waals surface area (Å²) in [4.78, 5) is 24.1. The van der Waals surface area contributed by atoms with Crippen molar-refractivity contribution in [2.45, 2.75) is 58.8 Å². The van der Waals surface area contributed by atoms with E-state index < -0.39 is 24.5 Å². The summed E-state index contributed by atoms with van der Waals surface area (Å²) < 4.78 is 38.4. The lowest BCUT2D eigenvalue weighted by Crippen LogP contribution is -2.38. The Morgan fingerprint density at radius 3 is 2.43 bits per heavy atom. The molecule has 1 heterocycles. The first-order valence-electron chi connectivity index (χ1n) is 6.67. The minimum atomic E-state index is -4.30. The van der Waals surface area contributed by atoms with Crippen molar-refractivity contribution in [1.82, 2.24) is 9.88 Å². The summed E-state index contributed by atoms with van der Waals surface area (Å²) in [6.45, 7) is 5.37. The average Bonchev–Trinajstić information content (AvgIpc) is 2.58. The number of aryl methyl sites for hydroxylation is 1. The van der Waals surface area contributed by atoms with Crippen molar-refractivity contribution in [3.8, 4) is 0 Å². The van der Waals surface area contributed by atoms with Crippen molar-refractivity contribution in [3.63, 3.8) is 0 Å². The van der Waals surface area contributed by atoms with Gasteiger partial charge in [0.15, 0.2) is 0 Å². The summed E-state index contributed by atoms with van der Waals surface area (Å²) in [5.41, 5.74) is 0.792. The first-order valence-corrected chi connectivity index (χ1v) is 7.48. The van der Waals surface area contributed by atoms with Crippen molar-refractivity contribution in [2.75, 3.05) is 0 Å². The fourth-order valence-electron chi connectivity index (χ4n) is 1.94. The maximum Gasteiger partial charge on any atom is 0.391 e. The van der Waals surface area contributed by atoms with Gasteiger partial charge in [-0.05, 0) is 20.3 Å². The number of alkyl halides is 3. The second kappa shape index (κ2) is 7.11. The molecule has 8 heteroatoms. The van der Waals surface area contributed by atoms with Gasteiger partial charge in [-0.15, -0.1) is 0 Å². The predicted octanol–water partition coefficient (Wildman–Crippen LogP) is 2.76. The van der Waals surface area contributed by atoms with Crippen LogP contribution >= 0.6 is 11.3 Å². The third-order valence-electron chi connectivity index (χ3n) is 3.27. The van der Waals surface area contributed by atoms with Gasteiger partial charge in [0.2, 0.25) is 5.91 Å². The molecule has 0 radical (unpaired) electrons. The molecule has 0 aliphatic carbocycles. The summed E-state index contributed by atoms with van der Waals surface area (Å²) in [7, 11) is 0. The fraction of sp³-hybridized carbons (Fsp3) is 0.692.